The first-order valence-electron chi connectivity index (χ1n) is 6.84. The third-order valence-electron chi connectivity index (χ3n) is 3.32. The van der Waals surface area contributed by atoms with Gasteiger partial charge in [-0.15, -0.1) is 11.3 Å². The van der Waals surface area contributed by atoms with Gasteiger partial charge in [0.25, 0.3) is 10.0 Å². The van der Waals surface area contributed by atoms with Gasteiger partial charge in [-0.1, -0.05) is 25.4 Å². The van der Waals surface area contributed by atoms with E-state index in [4.69, 9.17) is 11.6 Å². The SMILES string of the molecule is CC(C)CC(=O)N1CCN(S(=O)(=O)c2ccc(Cl)s2)CC1. The van der Waals surface area contributed by atoms with E-state index in [0.29, 0.717) is 42.9 Å². The maximum atomic E-state index is 12.4. The van der Waals surface area contributed by atoms with Crippen molar-refractivity contribution in [2.45, 2.75) is 24.5 Å². The maximum Gasteiger partial charge on any atom is 0.252 e. The molecule has 1 aromatic heterocycles. The topological polar surface area (TPSA) is 57.7 Å². The highest BCUT2D eigenvalue weighted by atomic mass is 35.5. The molecule has 0 bridgehead atoms. The van der Waals surface area contributed by atoms with Crippen LogP contribution in [0.15, 0.2) is 16.3 Å². The minimum absolute atomic E-state index is 0.0983. The van der Waals surface area contributed by atoms with Crippen molar-refractivity contribution in [2.75, 3.05) is 26.2 Å². The lowest BCUT2D eigenvalue weighted by atomic mass is 10.1. The van der Waals surface area contributed by atoms with Crippen LogP contribution in [-0.2, 0) is 14.8 Å². The number of nitrogens with zero attached hydrogens (tertiary/aromatic N) is 2. The van der Waals surface area contributed by atoms with E-state index in [1.807, 2.05) is 13.8 Å². The number of rotatable bonds is 4. The Labute approximate surface area is 134 Å². The summed E-state index contributed by atoms with van der Waals surface area (Å²) in [7, 11) is -3.48. The van der Waals surface area contributed by atoms with Crippen LogP contribution in [0.25, 0.3) is 0 Å². The monoisotopic (exact) mass is 350 g/mol. The number of sulfonamides is 1. The van der Waals surface area contributed by atoms with Gasteiger partial charge in [0, 0.05) is 32.6 Å². The third-order valence-corrected chi connectivity index (χ3v) is 6.91. The van der Waals surface area contributed by atoms with Gasteiger partial charge in [-0.3, -0.25) is 4.79 Å². The highest BCUT2D eigenvalue weighted by Crippen LogP contribution is 2.28. The van der Waals surface area contributed by atoms with Crippen molar-refractivity contribution in [3.8, 4) is 0 Å². The molecule has 1 aliphatic heterocycles. The fraction of sp³-hybridized carbons (Fsp3) is 0.615. The lowest BCUT2D eigenvalue weighted by molar-refractivity contribution is -0.133. The number of carbonyl (C=O) groups is 1. The molecule has 1 fully saturated rings. The van der Waals surface area contributed by atoms with Gasteiger partial charge >= 0.3 is 0 Å². The van der Waals surface area contributed by atoms with Crippen molar-refractivity contribution >= 4 is 38.9 Å². The van der Waals surface area contributed by atoms with E-state index in [9.17, 15) is 13.2 Å². The lowest BCUT2D eigenvalue weighted by Crippen LogP contribution is -2.50. The predicted octanol–water partition coefficient (Wildman–Crippen LogP) is 2.28. The average molecular weight is 351 g/mol. The number of hydrogen-bond acceptors (Lipinski definition) is 4. The Morgan fingerprint density at radius 1 is 1.29 bits per heavy atom. The molecule has 0 saturated carbocycles. The van der Waals surface area contributed by atoms with E-state index in [0.717, 1.165) is 11.3 Å². The molecule has 0 N–H and O–H groups in total. The Bertz CT molecular complexity index is 605. The van der Waals surface area contributed by atoms with Crippen LogP contribution in [0.3, 0.4) is 0 Å². The molecule has 1 amide bonds. The van der Waals surface area contributed by atoms with Crippen LogP contribution in [-0.4, -0.2) is 49.7 Å². The highest BCUT2D eigenvalue weighted by Gasteiger charge is 2.31. The molecule has 1 aromatic rings. The summed E-state index contributed by atoms with van der Waals surface area (Å²) in [5.41, 5.74) is 0. The van der Waals surface area contributed by atoms with Crippen LogP contribution in [0, 0.1) is 5.92 Å². The van der Waals surface area contributed by atoms with Crippen LogP contribution in [0.4, 0.5) is 0 Å². The summed E-state index contributed by atoms with van der Waals surface area (Å²) in [5.74, 6) is 0.411. The molecule has 1 aliphatic rings. The summed E-state index contributed by atoms with van der Waals surface area (Å²) < 4.78 is 27.0. The van der Waals surface area contributed by atoms with Gasteiger partial charge in [-0.05, 0) is 18.1 Å². The molecule has 1 saturated heterocycles. The van der Waals surface area contributed by atoms with E-state index in [1.165, 1.54) is 10.4 Å². The average Bonchev–Trinajstić information content (AvgIpc) is 2.85. The van der Waals surface area contributed by atoms with Gasteiger partial charge in [0.15, 0.2) is 0 Å². The van der Waals surface area contributed by atoms with Crippen molar-refractivity contribution in [1.82, 2.24) is 9.21 Å². The van der Waals surface area contributed by atoms with E-state index in [1.54, 1.807) is 11.0 Å². The predicted molar refractivity (Wildman–Crippen MR) is 84.1 cm³/mol. The van der Waals surface area contributed by atoms with Gasteiger partial charge < -0.3 is 4.90 Å². The Morgan fingerprint density at radius 3 is 2.38 bits per heavy atom. The highest BCUT2D eigenvalue weighted by molar-refractivity contribution is 7.91. The number of carbonyl (C=O) groups excluding carboxylic acids is 1. The minimum atomic E-state index is -3.48. The van der Waals surface area contributed by atoms with Gasteiger partial charge in [0.1, 0.15) is 4.21 Å². The third kappa shape index (κ3) is 3.97. The molecule has 0 aliphatic carbocycles. The van der Waals surface area contributed by atoms with Crippen molar-refractivity contribution in [1.29, 1.82) is 0 Å². The molecule has 0 spiro atoms. The van der Waals surface area contributed by atoms with Crippen LogP contribution in [0.1, 0.15) is 20.3 Å². The fourth-order valence-corrected chi connectivity index (χ4v) is 5.28. The minimum Gasteiger partial charge on any atom is -0.340 e. The zero-order chi connectivity index (χ0) is 15.6. The van der Waals surface area contributed by atoms with Gasteiger partial charge in [0.2, 0.25) is 5.91 Å². The Hall–Kier alpha value is -0.630. The van der Waals surface area contributed by atoms with E-state index in [-0.39, 0.29) is 10.1 Å². The zero-order valence-corrected chi connectivity index (χ0v) is 14.5. The standard InChI is InChI=1S/C13H19ClN2O3S2/c1-10(2)9-12(17)15-5-7-16(8-6-15)21(18,19)13-4-3-11(14)20-13/h3-4,10H,5-9H2,1-2H3. The zero-order valence-electron chi connectivity index (χ0n) is 12.1. The second kappa shape index (κ2) is 6.64. The smallest absolute Gasteiger partial charge is 0.252 e. The summed E-state index contributed by atoms with van der Waals surface area (Å²) in [5, 5.41) is 0. The molecule has 118 valence electrons. The van der Waals surface area contributed by atoms with Crippen LogP contribution in [0.5, 0.6) is 0 Å². The number of amides is 1. The molecule has 8 heteroatoms. The summed E-state index contributed by atoms with van der Waals surface area (Å²) in [6, 6.07) is 3.11. The molecule has 2 rings (SSSR count). The van der Waals surface area contributed by atoms with E-state index < -0.39 is 10.0 Å². The summed E-state index contributed by atoms with van der Waals surface area (Å²) in [6.07, 6.45) is 0.507. The van der Waals surface area contributed by atoms with Gasteiger partial charge in [-0.25, -0.2) is 8.42 Å². The number of thiophene rings is 1. The van der Waals surface area contributed by atoms with Gasteiger partial charge in [0.05, 0.1) is 4.34 Å². The van der Waals surface area contributed by atoms with Crippen LogP contribution >= 0.6 is 22.9 Å². The Kier molecular flexibility index (Phi) is 5.29. The van der Waals surface area contributed by atoms with Crippen LogP contribution in [0.2, 0.25) is 4.34 Å². The molecule has 0 atom stereocenters. The summed E-state index contributed by atoms with van der Waals surface area (Å²) >= 11 is 6.86. The Morgan fingerprint density at radius 2 is 1.90 bits per heavy atom. The quantitative estimate of drug-likeness (QED) is 0.837. The maximum absolute atomic E-state index is 12.4. The first kappa shape index (κ1) is 16.7. The molecule has 5 nitrogen and oxygen atoms in total. The van der Waals surface area contributed by atoms with E-state index in [2.05, 4.69) is 0 Å². The molecule has 21 heavy (non-hydrogen) atoms. The van der Waals surface area contributed by atoms with E-state index >= 15 is 0 Å². The Balaban J connectivity index is 1.99. The molecule has 0 unspecified atom stereocenters. The first-order chi connectivity index (χ1) is 9.80. The van der Waals surface area contributed by atoms with Crippen molar-refractivity contribution in [3.05, 3.63) is 16.5 Å². The summed E-state index contributed by atoms with van der Waals surface area (Å²) in [6.45, 7) is 5.56. The number of piperazine rings is 1. The fourth-order valence-electron chi connectivity index (χ4n) is 2.22. The van der Waals surface area contributed by atoms with Crippen molar-refractivity contribution in [2.24, 2.45) is 5.92 Å². The molecular formula is C13H19ClN2O3S2. The first-order valence-corrected chi connectivity index (χ1v) is 9.47. The normalized spacial score (nSPS) is 17.4. The molecular weight excluding hydrogens is 332 g/mol. The number of hydrogen-bond donors (Lipinski definition) is 0. The number of halogens is 1. The molecule has 0 aromatic carbocycles. The second-order valence-electron chi connectivity index (χ2n) is 5.44. The molecule has 0 radical (unpaired) electrons. The molecule has 2 heterocycles. The largest absolute Gasteiger partial charge is 0.340 e. The van der Waals surface area contributed by atoms with Crippen LogP contribution < -0.4 is 0 Å². The summed E-state index contributed by atoms with van der Waals surface area (Å²) in [4.78, 5) is 13.7. The lowest BCUT2D eigenvalue weighted by Gasteiger charge is -2.34. The van der Waals surface area contributed by atoms with Crippen molar-refractivity contribution in [3.63, 3.8) is 0 Å². The van der Waals surface area contributed by atoms with Gasteiger partial charge in [-0.2, -0.15) is 4.31 Å². The second-order valence-corrected chi connectivity index (χ2v) is 9.32. The van der Waals surface area contributed by atoms with Crippen molar-refractivity contribution < 1.29 is 13.2 Å².